The molecular weight excluding hydrogens is 300 g/mol. The van der Waals surface area contributed by atoms with E-state index in [1.807, 2.05) is 6.07 Å². The summed E-state index contributed by atoms with van der Waals surface area (Å²) >= 11 is 7.14. The Bertz CT molecular complexity index is 707. The second-order valence-corrected chi connectivity index (χ2v) is 5.22. The molecule has 0 saturated carbocycles. The highest BCUT2D eigenvalue weighted by Gasteiger charge is 2.30. The van der Waals surface area contributed by atoms with Crippen molar-refractivity contribution in [2.24, 2.45) is 0 Å². The zero-order valence-electron chi connectivity index (χ0n) is 9.95. The number of benzene rings is 1. The number of halogens is 1. The number of carbonyl (C=O) groups excluding carboxylic acids is 1. The summed E-state index contributed by atoms with van der Waals surface area (Å²) in [7, 11) is 0. The molecule has 1 unspecified atom stereocenters. The Morgan fingerprint density at radius 2 is 2.15 bits per heavy atom. The molecule has 2 aromatic rings. The minimum atomic E-state index is -1.09. The van der Waals surface area contributed by atoms with E-state index in [9.17, 15) is 20.2 Å². The summed E-state index contributed by atoms with van der Waals surface area (Å²) in [6.07, 6.45) is 0. The molecule has 0 aliphatic rings. The Morgan fingerprint density at radius 3 is 2.70 bits per heavy atom. The van der Waals surface area contributed by atoms with Crippen molar-refractivity contribution in [1.29, 1.82) is 5.26 Å². The lowest BCUT2D eigenvalue weighted by molar-refractivity contribution is -0.385. The van der Waals surface area contributed by atoms with Crippen molar-refractivity contribution in [1.82, 2.24) is 0 Å². The maximum Gasteiger partial charge on any atom is 0.281 e. The highest BCUT2D eigenvalue weighted by molar-refractivity contribution is 7.10. The number of hydrogen-bond donors (Lipinski definition) is 0. The summed E-state index contributed by atoms with van der Waals surface area (Å²) < 4.78 is 0. The average molecular weight is 307 g/mol. The molecule has 0 aliphatic heterocycles. The van der Waals surface area contributed by atoms with Crippen molar-refractivity contribution < 1.29 is 9.72 Å². The van der Waals surface area contributed by atoms with Gasteiger partial charge in [-0.2, -0.15) is 5.26 Å². The Labute approximate surface area is 123 Å². The zero-order valence-corrected chi connectivity index (χ0v) is 11.5. The Kier molecular flexibility index (Phi) is 4.13. The first-order valence-corrected chi connectivity index (χ1v) is 6.72. The average Bonchev–Trinajstić information content (AvgIpc) is 2.92. The van der Waals surface area contributed by atoms with Crippen LogP contribution in [-0.4, -0.2) is 10.7 Å². The van der Waals surface area contributed by atoms with Crippen molar-refractivity contribution in [2.75, 3.05) is 0 Å². The number of hydrogen-bond acceptors (Lipinski definition) is 5. The third-order valence-electron chi connectivity index (χ3n) is 2.65. The van der Waals surface area contributed by atoms with Crippen molar-refractivity contribution >= 4 is 34.4 Å². The van der Waals surface area contributed by atoms with Crippen LogP contribution in [0.1, 0.15) is 21.2 Å². The predicted octanol–water partition coefficient (Wildman–Crippen LogP) is 3.80. The van der Waals surface area contributed by atoms with Crippen molar-refractivity contribution in [2.45, 2.75) is 5.92 Å². The second kappa shape index (κ2) is 5.82. The molecule has 100 valence electrons. The van der Waals surface area contributed by atoms with Crippen LogP contribution >= 0.6 is 22.9 Å². The Balaban J connectivity index is 2.54. The molecule has 0 amide bonds. The fourth-order valence-corrected chi connectivity index (χ4v) is 2.79. The molecule has 5 nitrogen and oxygen atoms in total. The molecule has 0 spiro atoms. The molecule has 20 heavy (non-hydrogen) atoms. The quantitative estimate of drug-likeness (QED) is 0.488. The van der Waals surface area contributed by atoms with E-state index in [1.165, 1.54) is 29.5 Å². The normalized spacial score (nSPS) is 11.6. The van der Waals surface area contributed by atoms with Crippen LogP contribution in [-0.2, 0) is 0 Å². The number of thiophene rings is 1. The summed E-state index contributed by atoms with van der Waals surface area (Å²) in [5.41, 5.74) is -0.613. The summed E-state index contributed by atoms with van der Waals surface area (Å²) in [5, 5.41) is 21.9. The highest BCUT2D eigenvalue weighted by atomic mass is 35.5. The number of Topliss-reactive ketones (excluding diaryl/α,β-unsaturated/α-hetero) is 1. The van der Waals surface area contributed by atoms with Crippen LogP contribution in [0.5, 0.6) is 0 Å². The Morgan fingerprint density at radius 1 is 1.40 bits per heavy atom. The number of nitro benzene ring substituents is 1. The topological polar surface area (TPSA) is 84.0 Å². The first-order valence-electron chi connectivity index (χ1n) is 5.46. The van der Waals surface area contributed by atoms with Gasteiger partial charge in [-0.25, -0.2) is 0 Å². The maximum atomic E-state index is 12.4. The molecule has 0 saturated heterocycles. The van der Waals surface area contributed by atoms with Gasteiger partial charge >= 0.3 is 0 Å². The number of carbonyl (C=O) groups is 1. The van der Waals surface area contributed by atoms with E-state index >= 15 is 0 Å². The molecular formula is C13H7ClN2O3S. The van der Waals surface area contributed by atoms with E-state index in [4.69, 9.17) is 11.6 Å². The first kappa shape index (κ1) is 14.2. The van der Waals surface area contributed by atoms with Gasteiger partial charge in [0.2, 0.25) is 0 Å². The van der Waals surface area contributed by atoms with Gasteiger partial charge in [-0.1, -0.05) is 23.7 Å². The van der Waals surface area contributed by atoms with Gasteiger partial charge in [0.25, 0.3) is 5.69 Å². The lowest BCUT2D eigenvalue weighted by Gasteiger charge is -2.08. The molecule has 1 aromatic heterocycles. The SMILES string of the molecule is N#CC(C(=O)c1c(Cl)cccc1[N+](=O)[O-])c1cccs1. The number of ketones is 1. The van der Waals surface area contributed by atoms with Crippen molar-refractivity contribution in [3.05, 3.63) is 61.3 Å². The van der Waals surface area contributed by atoms with Crippen LogP contribution in [0.25, 0.3) is 0 Å². The van der Waals surface area contributed by atoms with Gasteiger partial charge in [0.15, 0.2) is 5.78 Å². The molecule has 0 aliphatic carbocycles. The lowest BCUT2D eigenvalue weighted by atomic mass is 9.96. The molecule has 2 rings (SSSR count). The predicted molar refractivity (Wildman–Crippen MR) is 75.1 cm³/mol. The van der Waals surface area contributed by atoms with Gasteiger partial charge in [0.1, 0.15) is 11.5 Å². The van der Waals surface area contributed by atoms with Gasteiger partial charge in [-0.3, -0.25) is 14.9 Å². The van der Waals surface area contributed by atoms with E-state index in [0.29, 0.717) is 4.88 Å². The third kappa shape index (κ3) is 2.54. The number of nitrogens with zero attached hydrogens (tertiary/aromatic N) is 2. The minimum Gasteiger partial charge on any atom is -0.292 e. The lowest BCUT2D eigenvalue weighted by Crippen LogP contribution is -2.13. The maximum absolute atomic E-state index is 12.4. The highest BCUT2D eigenvalue weighted by Crippen LogP contribution is 2.32. The molecule has 0 radical (unpaired) electrons. The minimum absolute atomic E-state index is 0.0268. The van der Waals surface area contributed by atoms with E-state index in [1.54, 1.807) is 17.5 Å². The summed E-state index contributed by atoms with van der Waals surface area (Å²) in [6, 6.07) is 9.20. The van der Waals surface area contributed by atoms with Crippen LogP contribution < -0.4 is 0 Å². The number of nitriles is 1. The van der Waals surface area contributed by atoms with Gasteiger partial charge in [-0.05, 0) is 17.5 Å². The van der Waals surface area contributed by atoms with Gasteiger partial charge in [0, 0.05) is 10.9 Å². The summed E-state index contributed by atoms with van der Waals surface area (Å²) in [5.74, 6) is -1.75. The van der Waals surface area contributed by atoms with Gasteiger partial charge in [-0.15, -0.1) is 11.3 Å². The van der Waals surface area contributed by atoms with Gasteiger partial charge < -0.3 is 0 Å². The third-order valence-corrected chi connectivity index (χ3v) is 3.91. The van der Waals surface area contributed by atoms with E-state index in [-0.39, 0.29) is 16.3 Å². The molecule has 0 bridgehead atoms. The van der Waals surface area contributed by atoms with E-state index < -0.39 is 16.6 Å². The molecule has 1 heterocycles. The van der Waals surface area contributed by atoms with E-state index in [0.717, 1.165) is 0 Å². The van der Waals surface area contributed by atoms with Crippen molar-refractivity contribution in [3.63, 3.8) is 0 Å². The van der Waals surface area contributed by atoms with Gasteiger partial charge in [0.05, 0.1) is 16.0 Å². The van der Waals surface area contributed by atoms with E-state index in [2.05, 4.69) is 0 Å². The summed E-state index contributed by atoms with van der Waals surface area (Å²) in [4.78, 5) is 23.3. The molecule has 7 heteroatoms. The van der Waals surface area contributed by atoms with Crippen LogP contribution in [0.3, 0.4) is 0 Å². The fraction of sp³-hybridized carbons (Fsp3) is 0.0769. The standard InChI is InChI=1S/C13H7ClN2O3S/c14-9-3-1-4-10(16(18)19)12(9)13(17)8(7-15)11-5-2-6-20-11/h1-6,8H. The number of nitro groups is 1. The van der Waals surface area contributed by atoms with Crippen LogP contribution in [0, 0.1) is 21.4 Å². The van der Waals surface area contributed by atoms with Crippen molar-refractivity contribution in [3.8, 4) is 6.07 Å². The first-order chi connectivity index (χ1) is 9.56. The zero-order chi connectivity index (χ0) is 14.7. The fourth-order valence-electron chi connectivity index (χ4n) is 1.76. The Hall–Kier alpha value is -2.23. The number of rotatable bonds is 4. The largest absolute Gasteiger partial charge is 0.292 e. The molecule has 0 N–H and O–H groups in total. The molecule has 0 fully saturated rings. The molecule has 1 atom stereocenters. The van der Waals surface area contributed by atoms with Crippen LogP contribution in [0.4, 0.5) is 5.69 Å². The summed E-state index contributed by atoms with van der Waals surface area (Å²) in [6.45, 7) is 0. The smallest absolute Gasteiger partial charge is 0.281 e. The van der Waals surface area contributed by atoms with Crippen LogP contribution in [0.2, 0.25) is 5.02 Å². The second-order valence-electron chi connectivity index (χ2n) is 3.83. The monoisotopic (exact) mass is 306 g/mol. The molecule has 1 aromatic carbocycles. The van der Waals surface area contributed by atoms with Crippen LogP contribution in [0.15, 0.2) is 35.7 Å².